The van der Waals surface area contributed by atoms with Crippen LogP contribution in [0, 0.1) is 0 Å². The highest BCUT2D eigenvalue weighted by molar-refractivity contribution is 7.20. The third-order valence-corrected chi connectivity index (χ3v) is 4.39. The number of hydrogen-bond acceptors (Lipinski definition) is 5. The fourth-order valence-electron chi connectivity index (χ4n) is 1.47. The first-order chi connectivity index (χ1) is 9.17. The van der Waals surface area contributed by atoms with E-state index in [4.69, 9.17) is 0 Å². The second kappa shape index (κ2) is 5.42. The Hall–Kier alpha value is -0.990. The molecule has 0 aliphatic carbocycles. The van der Waals surface area contributed by atoms with Gasteiger partial charge in [-0.25, -0.2) is 4.98 Å². The Balaban J connectivity index is 2.34. The lowest BCUT2D eigenvalue weighted by Crippen LogP contribution is -2.35. The van der Waals surface area contributed by atoms with Crippen molar-refractivity contribution in [1.82, 2.24) is 15.3 Å². The largest absolute Gasteiger partial charge is 0.434 e. The molecule has 0 fully saturated rings. The SMILES string of the molecule is CC(C)(C)NCc1sc(-c2cncs2)nc1C(F)(F)F. The summed E-state index contributed by atoms with van der Waals surface area (Å²) in [4.78, 5) is 8.48. The number of aromatic nitrogens is 2. The summed E-state index contributed by atoms with van der Waals surface area (Å²) in [6.07, 6.45) is -2.90. The van der Waals surface area contributed by atoms with Crippen LogP contribution >= 0.6 is 22.7 Å². The van der Waals surface area contributed by atoms with Gasteiger partial charge in [-0.05, 0) is 20.8 Å². The summed E-state index contributed by atoms with van der Waals surface area (Å²) in [6, 6.07) is 0. The minimum absolute atomic E-state index is 0.148. The maximum Gasteiger partial charge on any atom is 0.434 e. The molecule has 1 N–H and O–H groups in total. The molecule has 110 valence electrons. The van der Waals surface area contributed by atoms with E-state index in [1.165, 1.54) is 17.5 Å². The van der Waals surface area contributed by atoms with Gasteiger partial charge in [0, 0.05) is 18.3 Å². The van der Waals surface area contributed by atoms with Crippen LogP contribution in [0.15, 0.2) is 11.7 Å². The zero-order valence-electron chi connectivity index (χ0n) is 11.2. The number of alkyl halides is 3. The smallest absolute Gasteiger partial charge is 0.307 e. The second-order valence-corrected chi connectivity index (χ2v) is 7.23. The van der Waals surface area contributed by atoms with Crippen molar-refractivity contribution in [2.24, 2.45) is 0 Å². The first kappa shape index (κ1) is 15.4. The molecule has 0 aliphatic heterocycles. The van der Waals surface area contributed by atoms with E-state index in [0.29, 0.717) is 9.88 Å². The first-order valence-electron chi connectivity index (χ1n) is 5.87. The van der Waals surface area contributed by atoms with E-state index in [9.17, 15) is 13.2 Å². The highest BCUT2D eigenvalue weighted by Gasteiger charge is 2.37. The summed E-state index contributed by atoms with van der Waals surface area (Å²) in [6.45, 7) is 5.87. The lowest BCUT2D eigenvalue weighted by Gasteiger charge is -2.20. The van der Waals surface area contributed by atoms with Crippen molar-refractivity contribution in [3.63, 3.8) is 0 Å². The van der Waals surface area contributed by atoms with E-state index < -0.39 is 11.9 Å². The average Bonchev–Trinajstić information content (AvgIpc) is 2.93. The summed E-state index contributed by atoms with van der Waals surface area (Å²) in [5.74, 6) is 0. The van der Waals surface area contributed by atoms with Gasteiger partial charge in [-0.3, -0.25) is 4.98 Å². The van der Waals surface area contributed by atoms with Crippen LogP contribution in [0.25, 0.3) is 9.88 Å². The maximum absolute atomic E-state index is 13.0. The molecule has 0 spiro atoms. The molecule has 2 heterocycles. The van der Waals surface area contributed by atoms with E-state index in [1.54, 1.807) is 5.51 Å². The van der Waals surface area contributed by atoms with Crippen LogP contribution in [-0.2, 0) is 12.7 Å². The molecule has 0 radical (unpaired) electrons. The van der Waals surface area contributed by atoms with Crippen LogP contribution in [-0.4, -0.2) is 15.5 Å². The summed E-state index contributed by atoms with van der Waals surface area (Å²) in [5.41, 5.74) is 0.525. The van der Waals surface area contributed by atoms with Crippen molar-refractivity contribution in [2.75, 3.05) is 0 Å². The van der Waals surface area contributed by atoms with Crippen LogP contribution in [0.1, 0.15) is 31.3 Å². The molecule has 0 atom stereocenters. The van der Waals surface area contributed by atoms with Crippen LogP contribution in [0.3, 0.4) is 0 Å². The van der Waals surface area contributed by atoms with Crippen molar-refractivity contribution >= 4 is 22.7 Å². The maximum atomic E-state index is 13.0. The highest BCUT2D eigenvalue weighted by Crippen LogP contribution is 2.38. The molecule has 2 rings (SSSR count). The monoisotopic (exact) mass is 321 g/mol. The molecule has 2 aromatic rings. The number of thiazole rings is 2. The van der Waals surface area contributed by atoms with E-state index >= 15 is 0 Å². The van der Waals surface area contributed by atoms with Gasteiger partial charge in [0.1, 0.15) is 5.01 Å². The molecule has 3 nitrogen and oxygen atoms in total. The Kier molecular flexibility index (Phi) is 4.17. The Morgan fingerprint density at radius 3 is 2.45 bits per heavy atom. The lowest BCUT2D eigenvalue weighted by molar-refractivity contribution is -0.141. The first-order valence-corrected chi connectivity index (χ1v) is 7.57. The molecule has 0 saturated carbocycles. The van der Waals surface area contributed by atoms with Gasteiger partial charge in [-0.2, -0.15) is 13.2 Å². The quantitative estimate of drug-likeness (QED) is 0.922. The molecule has 0 aromatic carbocycles. The molecule has 0 amide bonds. The van der Waals surface area contributed by atoms with Crippen molar-refractivity contribution in [3.8, 4) is 9.88 Å². The number of hydrogen-bond donors (Lipinski definition) is 1. The Morgan fingerprint density at radius 1 is 1.25 bits per heavy atom. The van der Waals surface area contributed by atoms with E-state index in [0.717, 1.165) is 11.3 Å². The standard InChI is InChI=1S/C12H14F3N3S2/c1-11(2,3)17-5-7-9(12(13,14)15)18-10(20-7)8-4-16-6-19-8/h4,6,17H,5H2,1-3H3. The molecule has 8 heteroatoms. The fraction of sp³-hybridized carbons (Fsp3) is 0.500. The topological polar surface area (TPSA) is 37.8 Å². The predicted molar refractivity (Wildman–Crippen MR) is 74.8 cm³/mol. The third-order valence-electron chi connectivity index (χ3n) is 2.39. The Morgan fingerprint density at radius 2 is 1.95 bits per heavy atom. The molecule has 20 heavy (non-hydrogen) atoms. The van der Waals surface area contributed by atoms with Crippen LogP contribution in [0.2, 0.25) is 0 Å². The van der Waals surface area contributed by atoms with Gasteiger partial charge in [0.15, 0.2) is 5.69 Å². The molecular weight excluding hydrogens is 307 g/mol. The zero-order valence-corrected chi connectivity index (χ0v) is 12.8. The summed E-state index contributed by atoms with van der Waals surface area (Å²) < 4.78 is 39.1. The summed E-state index contributed by atoms with van der Waals surface area (Å²) in [7, 11) is 0. The van der Waals surface area contributed by atoms with Crippen LogP contribution < -0.4 is 5.32 Å². The molecule has 0 bridgehead atoms. The summed E-state index contributed by atoms with van der Waals surface area (Å²) in [5, 5.41) is 3.43. The predicted octanol–water partition coefficient (Wildman–Crippen LogP) is 4.17. The minimum Gasteiger partial charge on any atom is -0.307 e. The Bertz CT molecular complexity index is 568. The molecule has 0 saturated heterocycles. The van der Waals surface area contributed by atoms with Crippen molar-refractivity contribution in [2.45, 2.75) is 39.0 Å². The van der Waals surface area contributed by atoms with E-state index in [2.05, 4.69) is 15.3 Å². The normalized spacial score (nSPS) is 12.9. The number of nitrogens with zero attached hydrogens (tertiary/aromatic N) is 2. The van der Waals surface area contributed by atoms with Gasteiger partial charge in [0.05, 0.1) is 15.3 Å². The molecular formula is C12H14F3N3S2. The number of rotatable bonds is 3. The zero-order chi connectivity index (χ0) is 15.0. The van der Waals surface area contributed by atoms with Crippen LogP contribution in [0.4, 0.5) is 13.2 Å². The molecule has 2 aromatic heterocycles. The minimum atomic E-state index is -4.44. The van der Waals surface area contributed by atoms with Gasteiger partial charge in [0.2, 0.25) is 0 Å². The van der Waals surface area contributed by atoms with Gasteiger partial charge in [-0.15, -0.1) is 22.7 Å². The highest BCUT2D eigenvalue weighted by atomic mass is 32.1. The number of halogens is 3. The van der Waals surface area contributed by atoms with E-state index in [-0.39, 0.29) is 17.0 Å². The van der Waals surface area contributed by atoms with Crippen molar-refractivity contribution in [1.29, 1.82) is 0 Å². The van der Waals surface area contributed by atoms with Crippen molar-refractivity contribution < 1.29 is 13.2 Å². The number of nitrogens with one attached hydrogen (secondary N) is 1. The van der Waals surface area contributed by atoms with Gasteiger partial charge >= 0.3 is 6.18 Å². The van der Waals surface area contributed by atoms with E-state index in [1.807, 2.05) is 20.8 Å². The Labute approximate surface area is 122 Å². The fourth-order valence-corrected chi connectivity index (χ4v) is 3.16. The second-order valence-electron chi connectivity index (χ2n) is 5.26. The average molecular weight is 321 g/mol. The van der Waals surface area contributed by atoms with Crippen LogP contribution in [0.5, 0.6) is 0 Å². The molecule has 0 unspecified atom stereocenters. The lowest BCUT2D eigenvalue weighted by atomic mass is 10.1. The summed E-state index contributed by atoms with van der Waals surface area (Å²) >= 11 is 2.34. The molecule has 0 aliphatic rings. The third kappa shape index (κ3) is 3.77. The van der Waals surface area contributed by atoms with Gasteiger partial charge < -0.3 is 5.32 Å². The van der Waals surface area contributed by atoms with Crippen molar-refractivity contribution in [3.05, 3.63) is 22.3 Å². The van der Waals surface area contributed by atoms with Gasteiger partial charge in [-0.1, -0.05) is 0 Å². The van der Waals surface area contributed by atoms with Gasteiger partial charge in [0.25, 0.3) is 0 Å².